The molecule has 0 spiro atoms. The lowest BCUT2D eigenvalue weighted by Gasteiger charge is -2.27. The molecule has 2 aromatic rings. The normalized spacial score (nSPS) is 16.6. The maximum absolute atomic E-state index is 12.8. The van der Waals surface area contributed by atoms with Crippen LogP contribution in [0.1, 0.15) is 16.9 Å². The maximum atomic E-state index is 12.8. The number of aryl methyl sites for hydroxylation is 1. The van der Waals surface area contributed by atoms with Gasteiger partial charge in [0.1, 0.15) is 11.3 Å². The minimum Gasteiger partial charge on any atom is -0.449 e. The first kappa shape index (κ1) is 17.6. The molecule has 0 radical (unpaired) electrons. The van der Waals surface area contributed by atoms with E-state index in [-0.39, 0.29) is 5.57 Å². The Balaban J connectivity index is 2.07. The molecule has 1 N–H and O–H groups in total. The van der Waals surface area contributed by atoms with E-state index < -0.39 is 17.8 Å². The van der Waals surface area contributed by atoms with Gasteiger partial charge in [0.2, 0.25) is 0 Å². The highest BCUT2D eigenvalue weighted by molar-refractivity contribution is 9.13. The Bertz CT molecular complexity index is 927. The Hall–Kier alpha value is -2.19. The van der Waals surface area contributed by atoms with Gasteiger partial charge in [-0.25, -0.2) is 9.69 Å². The minimum absolute atomic E-state index is 0.186. The second kappa shape index (κ2) is 6.61. The third-order valence-corrected chi connectivity index (χ3v) is 5.58. The van der Waals surface area contributed by atoms with Crippen molar-refractivity contribution < 1.29 is 18.8 Å². The van der Waals surface area contributed by atoms with E-state index in [0.29, 0.717) is 20.6 Å². The molecule has 128 valence electrons. The van der Waals surface area contributed by atoms with Gasteiger partial charge in [0.05, 0.1) is 10.2 Å². The number of rotatable bonds is 2. The highest BCUT2D eigenvalue weighted by Crippen LogP contribution is 2.30. The fraction of sp³-hybridized carbons (Fsp3) is 0.118. The molecular weight excluding hydrogens is 456 g/mol. The van der Waals surface area contributed by atoms with Crippen molar-refractivity contribution in [1.29, 1.82) is 0 Å². The first-order valence-corrected chi connectivity index (χ1v) is 8.80. The number of imide groups is 2. The number of hydrogen-bond acceptors (Lipinski definition) is 4. The van der Waals surface area contributed by atoms with Crippen molar-refractivity contribution in [2.45, 2.75) is 13.8 Å². The number of amides is 4. The van der Waals surface area contributed by atoms with Gasteiger partial charge in [-0.05, 0) is 75.0 Å². The summed E-state index contributed by atoms with van der Waals surface area (Å²) in [5.41, 5.74) is 1.96. The first-order chi connectivity index (χ1) is 11.8. The van der Waals surface area contributed by atoms with Crippen LogP contribution in [0.15, 0.2) is 43.4 Å². The van der Waals surface area contributed by atoms with Crippen molar-refractivity contribution in [2.75, 3.05) is 4.90 Å². The van der Waals surface area contributed by atoms with Crippen LogP contribution >= 0.6 is 31.9 Å². The molecule has 1 aliphatic rings. The van der Waals surface area contributed by atoms with Gasteiger partial charge in [-0.15, -0.1) is 0 Å². The van der Waals surface area contributed by atoms with Crippen LogP contribution in [0.2, 0.25) is 0 Å². The molecule has 0 saturated carbocycles. The molecule has 1 fully saturated rings. The molecule has 0 aliphatic carbocycles. The van der Waals surface area contributed by atoms with E-state index in [4.69, 9.17) is 4.42 Å². The Morgan fingerprint density at radius 1 is 1.16 bits per heavy atom. The Kier molecular flexibility index (Phi) is 4.66. The summed E-state index contributed by atoms with van der Waals surface area (Å²) in [4.78, 5) is 38.1. The second-order valence-electron chi connectivity index (χ2n) is 5.45. The van der Waals surface area contributed by atoms with Gasteiger partial charge in [0.25, 0.3) is 11.8 Å². The molecule has 1 aromatic heterocycles. The lowest BCUT2D eigenvalue weighted by molar-refractivity contribution is -0.122. The van der Waals surface area contributed by atoms with Gasteiger partial charge in [0, 0.05) is 0 Å². The monoisotopic (exact) mass is 466 g/mol. The first-order valence-electron chi connectivity index (χ1n) is 7.22. The Morgan fingerprint density at radius 3 is 2.52 bits per heavy atom. The molecular formula is C17H12Br2N2O4. The number of furan rings is 1. The van der Waals surface area contributed by atoms with E-state index in [1.807, 2.05) is 19.9 Å². The molecule has 4 amide bonds. The fourth-order valence-electron chi connectivity index (χ4n) is 2.43. The van der Waals surface area contributed by atoms with Crippen LogP contribution in [0.4, 0.5) is 10.5 Å². The third kappa shape index (κ3) is 3.19. The van der Waals surface area contributed by atoms with Crippen molar-refractivity contribution >= 4 is 61.5 Å². The lowest BCUT2D eigenvalue weighted by atomic mass is 10.0. The SMILES string of the molecule is Cc1cccc(N2C(=O)NC(=O)C(=Cc3cc(Br)c(Br)o3)C2=O)c1C. The minimum atomic E-state index is -0.775. The second-order valence-corrected chi connectivity index (χ2v) is 7.02. The molecule has 0 bridgehead atoms. The molecule has 0 unspecified atom stereocenters. The number of carbonyl (C=O) groups is 3. The number of nitrogens with one attached hydrogen (secondary N) is 1. The molecule has 1 aliphatic heterocycles. The molecule has 0 atom stereocenters. The van der Waals surface area contributed by atoms with Gasteiger partial charge >= 0.3 is 6.03 Å². The van der Waals surface area contributed by atoms with Crippen molar-refractivity contribution in [2.24, 2.45) is 0 Å². The smallest absolute Gasteiger partial charge is 0.335 e. The van der Waals surface area contributed by atoms with Gasteiger partial charge in [-0.1, -0.05) is 12.1 Å². The van der Waals surface area contributed by atoms with Crippen molar-refractivity contribution in [1.82, 2.24) is 5.32 Å². The number of anilines is 1. The van der Waals surface area contributed by atoms with Crippen molar-refractivity contribution in [3.8, 4) is 0 Å². The summed E-state index contributed by atoms with van der Waals surface area (Å²) in [6, 6.07) is 6.12. The van der Waals surface area contributed by atoms with Crippen LogP contribution in [-0.4, -0.2) is 17.8 Å². The van der Waals surface area contributed by atoms with Gasteiger partial charge in [0.15, 0.2) is 4.67 Å². The molecule has 8 heteroatoms. The summed E-state index contributed by atoms with van der Waals surface area (Å²) in [7, 11) is 0. The molecule has 2 heterocycles. The van der Waals surface area contributed by atoms with Gasteiger partial charge < -0.3 is 4.42 Å². The fourth-order valence-corrected chi connectivity index (χ4v) is 3.04. The number of carbonyl (C=O) groups excluding carboxylic acids is 3. The molecule has 3 rings (SSSR count). The van der Waals surface area contributed by atoms with E-state index in [1.165, 1.54) is 6.08 Å². The molecule has 1 aromatic carbocycles. The van der Waals surface area contributed by atoms with Crippen LogP contribution in [0.25, 0.3) is 6.08 Å². The van der Waals surface area contributed by atoms with E-state index in [1.54, 1.807) is 18.2 Å². The Labute approximate surface area is 160 Å². The number of hydrogen-bond donors (Lipinski definition) is 1. The highest BCUT2D eigenvalue weighted by atomic mass is 79.9. The topological polar surface area (TPSA) is 79.6 Å². The lowest BCUT2D eigenvalue weighted by Crippen LogP contribution is -2.54. The van der Waals surface area contributed by atoms with Crippen molar-refractivity contribution in [3.05, 3.63) is 55.9 Å². The predicted octanol–water partition coefficient (Wildman–Crippen LogP) is 4.09. The molecule has 1 saturated heterocycles. The van der Waals surface area contributed by atoms with Crippen LogP contribution in [0, 0.1) is 13.8 Å². The number of benzene rings is 1. The number of barbiturate groups is 1. The standard InChI is InChI=1S/C17H12Br2N2O4/c1-8-4-3-5-13(9(8)2)21-16(23)11(15(22)20-17(21)24)6-10-7-12(18)14(19)25-10/h3-7H,1-2H3,(H,20,22,24). The van der Waals surface area contributed by atoms with E-state index in [2.05, 4.69) is 37.2 Å². The zero-order valence-corrected chi connectivity index (χ0v) is 16.4. The van der Waals surface area contributed by atoms with E-state index >= 15 is 0 Å². The van der Waals surface area contributed by atoms with E-state index in [9.17, 15) is 14.4 Å². The summed E-state index contributed by atoms with van der Waals surface area (Å²) >= 11 is 6.46. The van der Waals surface area contributed by atoms with E-state index in [0.717, 1.165) is 16.0 Å². The van der Waals surface area contributed by atoms with Crippen LogP contribution < -0.4 is 10.2 Å². The number of halogens is 2. The van der Waals surface area contributed by atoms with Gasteiger partial charge in [-0.3, -0.25) is 14.9 Å². The number of nitrogens with zero attached hydrogens (tertiary/aromatic N) is 1. The molecule has 25 heavy (non-hydrogen) atoms. The maximum Gasteiger partial charge on any atom is 0.335 e. The summed E-state index contributed by atoms with van der Waals surface area (Å²) in [5, 5.41) is 2.19. The average Bonchev–Trinajstić information content (AvgIpc) is 2.86. The molecule has 6 nitrogen and oxygen atoms in total. The summed E-state index contributed by atoms with van der Waals surface area (Å²) in [5.74, 6) is -1.17. The van der Waals surface area contributed by atoms with Crippen LogP contribution in [-0.2, 0) is 9.59 Å². The highest BCUT2D eigenvalue weighted by Gasteiger charge is 2.37. The average molecular weight is 468 g/mol. The zero-order valence-electron chi connectivity index (χ0n) is 13.2. The summed E-state index contributed by atoms with van der Waals surface area (Å²) in [6.07, 6.45) is 1.30. The Morgan fingerprint density at radius 2 is 1.88 bits per heavy atom. The van der Waals surface area contributed by atoms with Crippen LogP contribution in [0.3, 0.4) is 0 Å². The number of urea groups is 1. The predicted molar refractivity (Wildman–Crippen MR) is 99.0 cm³/mol. The largest absolute Gasteiger partial charge is 0.449 e. The third-order valence-electron chi connectivity index (χ3n) is 3.87. The summed E-state index contributed by atoms with van der Waals surface area (Å²) in [6.45, 7) is 3.69. The van der Waals surface area contributed by atoms with Crippen molar-refractivity contribution in [3.63, 3.8) is 0 Å². The summed E-state index contributed by atoms with van der Waals surface area (Å²) < 4.78 is 6.46. The quantitative estimate of drug-likeness (QED) is 0.532. The van der Waals surface area contributed by atoms with Gasteiger partial charge in [-0.2, -0.15) is 0 Å². The van der Waals surface area contributed by atoms with Crippen LogP contribution in [0.5, 0.6) is 0 Å². The zero-order chi connectivity index (χ0) is 18.3.